The van der Waals surface area contributed by atoms with E-state index in [1.807, 2.05) is 12.1 Å². The van der Waals surface area contributed by atoms with Gasteiger partial charge in [-0.05, 0) is 30.7 Å². The van der Waals surface area contributed by atoms with Gasteiger partial charge in [-0.2, -0.15) is 0 Å². The van der Waals surface area contributed by atoms with E-state index in [0.717, 1.165) is 11.8 Å². The highest BCUT2D eigenvalue weighted by molar-refractivity contribution is 7.93. The molecule has 1 amide bonds. The highest BCUT2D eigenvalue weighted by atomic mass is 32.2. The van der Waals surface area contributed by atoms with Crippen molar-refractivity contribution in [2.24, 2.45) is 0 Å². The lowest BCUT2D eigenvalue weighted by molar-refractivity contribution is -0.117. The normalized spacial score (nSPS) is 14.5. The largest absolute Gasteiger partial charge is 0.494 e. The summed E-state index contributed by atoms with van der Waals surface area (Å²) in [6.45, 7) is 0.627. The molecule has 1 aliphatic heterocycles. The standard InChI is InChI=1S/C20H19N3O4S/c1-27-17-13-15(9-10-16(17)23-12-4-8-19(23)24)22-28(25,26)18-7-2-5-14-6-3-11-21-20(14)18/h2-3,5-7,9-11,13,22H,4,8,12H2,1H3. The van der Waals surface area contributed by atoms with Gasteiger partial charge in [-0.15, -0.1) is 0 Å². The smallest absolute Gasteiger partial charge is 0.264 e. The number of hydrogen-bond acceptors (Lipinski definition) is 5. The zero-order chi connectivity index (χ0) is 19.7. The van der Waals surface area contributed by atoms with Gasteiger partial charge in [0.2, 0.25) is 5.91 Å². The maximum atomic E-state index is 13.0. The minimum absolute atomic E-state index is 0.0356. The lowest BCUT2D eigenvalue weighted by Gasteiger charge is -2.20. The SMILES string of the molecule is COc1cc(NS(=O)(=O)c2cccc3cccnc23)ccc1N1CCCC1=O. The Kier molecular flexibility index (Phi) is 4.64. The van der Waals surface area contributed by atoms with E-state index in [0.29, 0.717) is 35.6 Å². The van der Waals surface area contributed by atoms with Crippen molar-refractivity contribution in [2.45, 2.75) is 17.7 Å². The van der Waals surface area contributed by atoms with E-state index in [9.17, 15) is 13.2 Å². The van der Waals surface area contributed by atoms with Gasteiger partial charge in [0.1, 0.15) is 10.6 Å². The van der Waals surface area contributed by atoms with Crippen LogP contribution in [0.1, 0.15) is 12.8 Å². The molecule has 1 N–H and O–H groups in total. The fraction of sp³-hybridized carbons (Fsp3) is 0.200. The lowest BCUT2D eigenvalue weighted by Crippen LogP contribution is -2.24. The van der Waals surface area contributed by atoms with E-state index in [2.05, 4.69) is 9.71 Å². The number of benzene rings is 2. The molecule has 144 valence electrons. The molecule has 1 aliphatic rings. The summed E-state index contributed by atoms with van der Waals surface area (Å²) in [5.74, 6) is 0.472. The fourth-order valence-corrected chi connectivity index (χ4v) is 4.60. The number of aromatic nitrogens is 1. The molecule has 0 unspecified atom stereocenters. The predicted molar refractivity (Wildman–Crippen MR) is 107 cm³/mol. The Morgan fingerprint density at radius 3 is 2.71 bits per heavy atom. The van der Waals surface area contributed by atoms with E-state index in [1.165, 1.54) is 13.2 Å². The number of sulfonamides is 1. The summed E-state index contributed by atoms with van der Waals surface area (Å²) in [4.78, 5) is 18.0. The lowest BCUT2D eigenvalue weighted by atomic mass is 10.2. The summed E-state index contributed by atoms with van der Waals surface area (Å²) < 4.78 is 33.9. The molecule has 28 heavy (non-hydrogen) atoms. The van der Waals surface area contributed by atoms with Crippen LogP contribution in [0.4, 0.5) is 11.4 Å². The number of nitrogens with one attached hydrogen (secondary N) is 1. The number of carbonyl (C=O) groups is 1. The minimum atomic E-state index is -3.86. The second kappa shape index (κ2) is 7.12. The number of fused-ring (bicyclic) bond motifs is 1. The summed E-state index contributed by atoms with van der Waals surface area (Å²) in [7, 11) is -2.36. The first-order valence-electron chi connectivity index (χ1n) is 8.84. The third-order valence-corrected chi connectivity index (χ3v) is 6.09. The van der Waals surface area contributed by atoms with Crippen molar-refractivity contribution in [1.29, 1.82) is 0 Å². The van der Waals surface area contributed by atoms with Crippen molar-refractivity contribution in [2.75, 3.05) is 23.3 Å². The van der Waals surface area contributed by atoms with Gasteiger partial charge >= 0.3 is 0 Å². The summed E-state index contributed by atoms with van der Waals surface area (Å²) in [5.41, 5.74) is 1.39. The van der Waals surface area contributed by atoms with Gasteiger partial charge in [-0.3, -0.25) is 14.5 Å². The Morgan fingerprint density at radius 2 is 1.96 bits per heavy atom. The van der Waals surface area contributed by atoms with Crippen LogP contribution in [-0.4, -0.2) is 33.0 Å². The second-order valence-electron chi connectivity index (χ2n) is 6.47. The van der Waals surface area contributed by atoms with Crippen LogP contribution in [0.5, 0.6) is 5.75 Å². The van der Waals surface area contributed by atoms with Crippen molar-refractivity contribution in [3.05, 3.63) is 54.7 Å². The van der Waals surface area contributed by atoms with Gasteiger partial charge in [0, 0.05) is 30.6 Å². The van der Waals surface area contributed by atoms with Crippen molar-refractivity contribution in [1.82, 2.24) is 4.98 Å². The first kappa shape index (κ1) is 18.2. The number of hydrogen-bond donors (Lipinski definition) is 1. The summed E-state index contributed by atoms with van der Waals surface area (Å²) in [5, 5.41) is 0.742. The molecular formula is C20H19N3O4S. The van der Waals surface area contributed by atoms with Crippen LogP contribution in [0.25, 0.3) is 10.9 Å². The summed E-state index contributed by atoms with van der Waals surface area (Å²) in [6, 6.07) is 13.5. The van der Waals surface area contributed by atoms with Crippen molar-refractivity contribution in [3.63, 3.8) is 0 Å². The molecular weight excluding hydrogens is 378 g/mol. The first-order chi connectivity index (χ1) is 13.5. The van der Waals surface area contributed by atoms with Gasteiger partial charge in [-0.1, -0.05) is 18.2 Å². The maximum Gasteiger partial charge on any atom is 0.264 e. The van der Waals surface area contributed by atoms with Crippen LogP contribution in [0.3, 0.4) is 0 Å². The molecule has 0 radical (unpaired) electrons. The molecule has 3 aromatic rings. The quantitative estimate of drug-likeness (QED) is 0.714. The number of pyridine rings is 1. The number of para-hydroxylation sites is 1. The fourth-order valence-electron chi connectivity index (χ4n) is 3.37. The molecule has 0 atom stereocenters. The first-order valence-corrected chi connectivity index (χ1v) is 10.3. The van der Waals surface area contributed by atoms with Crippen LogP contribution >= 0.6 is 0 Å². The van der Waals surface area contributed by atoms with Crippen LogP contribution < -0.4 is 14.4 Å². The molecule has 2 aromatic carbocycles. The number of rotatable bonds is 5. The van der Waals surface area contributed by atoms with Crippen molar-refractivity contribution < 1.29 is 17.9 Å². The Hall–Kier alpha value is -3.13. The number of nitrogens with zero attached hydrogens (tertiary/aromatic N) is 2. The van der Waals surface area contributed by atoms with Crippen LogP contribution in [0.2, 0.25) is 0 Å². The highest BCUT2D eigenvalue weighted by Crippen LogP contribution is 2.34. The van der Waals surface area contributed by atoms with Gasteiger partial charge in [0.15, 0.2) is 0 Å². The zero-order valence-electron chi connectivity index (χ0n) is 15.3. The molecule has 7 nitrogen and oxygen atoms in total. The Morgan fingerprint density at radius 1 is 1.14 bits per heavy atom. The third kappa shape index (κ3) is 3.27. The van der Waals surface area contributed by atoms with E-state index >= 15 is 0 Å². The summed E-state index contributed by atoms with van der Waals surface area (Å²) >= 11 is 0. The number of amides is 1. The molecule has 1 fully saturated rings. The molecule has 0 bridgehead atoms. The molecule has 2 heterocycles. The number of carbonyl (C=O) groups excluding carboxylic acids is 1. The molecule has 0 spiro atoms. The molecule has 8 heteroatoms. The maximum absolute atomic E-state index is 13.0. The predicted octanol–water partition coefficient (Wildman–Crippen LogP) is 3.17. The minimum Gasteiger partial charge on any atom is -0.494 e. The van der Waals surface area contributed by atoms with E-state index in [4.69, 9.17) is 4.74 Å². The van der Waals surface area contributed by atoms with Crippen molar-refractivity contribution >= 4 is 38.2 Å². The Labute approximate surface area is 163 Å². The summed E-state index contributed by atoms with van der Waals surface area (Å²) in [6.07, 6.45) is 2.86. The van der Waals surface area contributed by atoms with Crippen LogP contribution in [0, 0.1) is 0 Å². The average Bonchev–Trinajstić information content (AvgIpc) is 3.12. The Bertz CT molecular complexity index is 1160. The molecule has 0 saturated carbocycles. The topological polar surface area (TPSA) is 88.6 Å². The van der Waals surface area contributed by atoms with E-state index < -0.39 is 10.0 Å². The Balaban J connectivity index is 1.69. The molecule has 1 saturated heterocycles. The van der Waals surface area contributed by atoms with Gasteiger partial charge in [-0.25, -0.2) is 8.42 Å². The molecule has 0 aliphatic carbocycles. The molecule has 4 rings (SSSR count). The molecule has 1 aromatic heterocycles. The average molecular weight is 397 g/mol. The number of anilines is 2. The second-order valence-corrected chi connectivity index (χ2v) is 8.12. The van der Waals surface area contributed by atoms with Gasteiger partial charge in [0.25, 0.3) is 10.0 Å². The van der Waals surface area contributed by atoms with E-state index in [1.54, 1.807) is 41.4 Å². The van der Waals surface area contributed by atoms with Crippen LogP contribution in [0.15, 0.2) is 59.6 Å². The van der Waals surface area contributed by atoms with Gasteiger partial charge in [0.05, 0.1) is 24.0 Å². The number of ether oxygens (including phenoxy) is 1. The van der Waals surface area contributed by atoms with Crippen molar-refractivity contribution in [3.8, 4) is 5.75 Å². The van der Waals surface area contributed by atoms with Gasteiger partial charge < -0.3 is 9.64 Å². The monoisotopic (exact) mass is 397 g/mol. The third-order valence-electron chi connectivity index (χ3n) is 4.68. The highest BCUT2D eigenvalue weighted by Gasteiger charge is 2.25. The van der Waals surface area contributed by atoms with Crippen LogP contribution in [-0.2, 0) is 14.8 Å². The zero-order valence-corrected chi connectivity index (χ0v) is 16.1. The number of methoxy groups -OCH3 is 1. The van der Waals surface area contributed by atoms with E-state index in [-0.39, 0.29) is 10.8 Å².